The van der Waals surface area contributed by atoms with E-state index >= 15 is 0 Å². The lowest BCUT2D eigenvalue weighted by Gasteiger charge is -2.28. The molecule has 2 rings (SSSR count). The molecule has 0 radical (unpaired) electrons. The molecule has 1 fully saturated rings. The van der Waals surface area contributed by atoms with E-state index in [4.69, 9.17) is 0 Å². The third-order valence-electron chi connectivity index (χ3n) is 4.40. The molecule has 0 aliphatic heterocycles. The van der Waals surface area contributed by atoms with E-state index in [1.165, 1.54) is 5.41 Å². The van der Waals surface area contributed by atoms with Crippen LogP contribution in [-0.4, -0.2) is 14.2 Å². The van der Waals surface area contributed by atoms with Crippen molar-refractivity contribution in [2.75, 3.05) is 0 Å². The molecule has 0 spiro atoms. The van der Waals surface area contributed by atoms with Gasteiger partial charge < -0.3 is 0 Å². The van der Waals surface area contributed by atoms with E-state index in [1.807, 2.05) is 12.2 Å². The highest BCUT2D eigenvalue weighted by molar-refractivity contribution is 7.94. The van der Waals surface area contributed by atoms with Crippen molar-refractivity contribution < 1.29 is 13.2 Å². The summed E-state index contributed by atoms with van der Waals surface area (Å²) in [7, 11) is -3.42. The Morgan fingerprint density at radius 1 is 1.21 bits per heavy atom. The predicted octanol–water partition coefficient (Wildman–Crippen LogP) is 4.48. The third kappa shape index (κ3) is 5.31. The first-order valence-electron chi connectivity index (χ1n) is 8.30. The second-order valence-corrected chi connectivity index (χ2v) is 7.97. The minimum atomic E-state index is -3.42. The van der Waals surface area contributed by atoms with Crippen molar-refractivity contribution in [2.24, 2.45) is 11.8 Å². The van der Waals surface area contributed by atoms with E-state index in [2.05, 4.69) is 6.58 Å². The predicted molar refractivity (Wildman–Crippen MR) is 97.2 cm³/mol. The van der Waals surface area contributed by atoms with Crippen molar-refractivity contribution >= 4 is 15.6 Å². The number of hydrogen-bond donors (Lipinski definition) is 0. The van der Waals surface area contributed by atoms with Gasteiger partial charge in [-0.1, -0.05) is 49.1 Å². The van der Waals surface area contributed by atoms with Crippen LogP contribution in [-0.2, 0) is 14.6 Å². The summed E-state index contributed by atoms with van der Waals surface area (Å²) >= 11 is 0. The van der Waals surface area contributed by atoms with E-state index in [9.17, 15) is 13.2 Å². The van der Waals surface area contributed by atoms with Crippen LogP contribution in [0.2, 0.25) is 0 Å². The average molecular weight is 344 g/mol. The first kappa shape index (κ1) is 18.4. The molecule has 0 amide bonds. The van der Waals surface area contributed by atoms with Crippen molar-refractivity contribution in [3.05, 3.63) is 66.6 Å². The molecule has 24 heavy (non-hydrogen) atoms. The lowest BCUT2D eigenvalue weighted by Crippen LogP contribution is -2.23. The molecule has 0 N–H and O–H groups in total. The Hall–Kier alpha value is -1.94. The fourth-order valence-electron chi connectivity index (χ4n) is 3.07. The summed E-state index contributed by atoms with van der Waals surface area (Å²) in [6.45, 7) is 3.64. The molecular formula is C20H24O3S. The molecule has 1 aromatic rings. The van der Waals surface area contributed by atoms with Crippen molar-refractivity contribution in [3.8, 4) is 0 Å². The molecule has 3 nitrogen and oxygen atoms in total. The van der Waals surface area contributed by atoms with Gasteiger partial charge in [-0.2, -0.15) is 0 Å². The third-order valence-corrected chi connectivity index (χ3v) is 5.85. The van der Waals surface area contributed by atoms with E-state index in [0.29, 0.717) is 17.7 Å². The second-order valence-electron chi connectivity index (χ2n) is 6.13. The Kier molecular flexibility index (Phi) is 6.73. The van der Waals surface area contributed by atoms with Crippen LogP contribution < -0.4 is 0 Å². The smallest absolute Gasteiger partial charge is 0.199 e. The van der Waals surface area contributed by atoms with Crippen LogP contribution in [0.4, 0.5) is 0 Å². The highest BCUT2D eigenvalue weighted by atomic mass is 32.2. The van der Waals surface area contributed by atoms with Crippen LogP contribution in [0.1, 0.15) is 32.1 Å². The molecule has 1 aliphatic rings. The molecule has 2 atom stereocenters. The molecule has 0 unspecified atom stereocenters. The highest BCUT2D eigenvalue weighted by Gasteiger charge is 2.27. The normalized spacial score (nSPS) is 22.2. The zero-order chi connectivity index (χ0) is 17.4. The molecule has 4 heteroatoms. The summed E-state index contributed by atoms with van der Waals surface area (Å²) in [5, 5.41) is 1.31. The van der Waals surface area contributed by atoms with Crippen LogP contribution in [0.3, 0.4) is 0 Å². The number of sulfone groups is 1. The Bertz CT molecular complexity index is 715. The molecule has 1 saturated carbocycles. The largest absolute Gasteiger partial charge is 0.300 e. The number of rotatable bonds is 7. The van der Waals surface area contributed by atoms with Crippen LogP contribution >= 0.6 is 0 Å². The monoisotopic (exact) mass is 344 g/mol. The first-order chi connectivity index (χ1) is 11.5. The molecular weight excluding hydrogens is 320 g/mol. The number of Topliss-reactive ketones (excluding diaryl/α,β-unsaturated/α-hetero) is 1. The molecule has 0 aromatic heterocycles. The fourth-order valence-corrected chi connectivity index (χ4v) is 4.18. The number of benzene rings is 1. The van der Waals surface area contributed by atoms with Gasteiger partial charge in [0.05, 0.1) is 4.90 Å². The van der Waals surface area contributed by atoms with E-state index in [1.54, 1.807) is 42.5 Å². The van der Waals surface area contributed by atoms with Gasteiger partial charge in [0.2, 0.25) is 0 Å². The zero-order valence-electron chi connectivity index (χ0n) is 13.8. The summed E-state index contributed by atoms with van der Waals surface area (Å²) in [4.78, 5) is 12.1. The lowest BCUT2D eigenvalue weighted by molar-refractivity contribution is -0.122. The molecule has 0 saturated heterocycles. The maximum Gasteiger partial charge on any atom is 0.199 e. The summed E-state index contributed by atoms with van der Waals surface area (Å²) < 4.78 is 24.7. The van der Waals surface area contributed by atoms with Gasteiger partial charge in [0, 0.05) is 18.2 Å². The van der Waals surface area contributed by atoms with E-state index < -0.39 is 9.84 Å². The highest BCUT2D eigenvalue weighted by Crippen LogP contribution is 2.33. The van der Waals surface area contributed by atoms with Crippen molar-refractivity contribution in [1.29, 1.82) is 0 Å². The summed E-state index contributed by atoms with van der Waals surface area (Å²) in [6.07, 6.45) is 11.0. The van der Waals surface area contributed by atoms with Crippen molar-refractivity contribution in [2.45, 2.75) is 37.0 Å². The lowest BCUT2D eigenvalue weighted by atomic mass is 9.76. The summed E-state index contributed by atoms with van der Waals surface area (Å²) in [5.74, 6) is 0.629. The quantitative estimate of drug-likeness (QED) is 0.685. The van der Waals surface area contributed by atoms with Gasteiger partial charge >= 0.3 is 0 Å². The molecule has 0 bridgehead atoms. The molecule has 0 heterocycles. The number of hydrogen-bond acceptors (Lipinski definition) is 3. The van der Waals surface area contributed by atoms with Gasteiger partial charge in [0.1, 0.15) is 5.78 Å². The Morgan fingerprint density at radius 3 is 2.67 bits per heavy atom. The first-order valence-corrected chi connectivity index (χ1v) is 9.85. The fraction of sp³-hybridized carbons (Fsp3) is 0.350. The van der Waals surface area contributed by atoms with E-state index in [-0.39, 0.29) is 17.6 Å². The summed E-state index contributed by atoms with van der Waals surface area (Å²) in [6, 6.07) is 8.43. The molecule has 1 aliphatic carbocycles. The Balaban J connectivity index is 2.08. The van der Waals surface area contributed by atoms with Crippen molar-refractivity contribution in [3.63, 3.8) is 0 Å². The SMILES string of the molecule is C=C/C=C/CC[C@H]1CC(=O)CC[C@@H]1/C=C/S(=O)(=O)c1ccccc1. The molecule has 128 valence electrons. The standard InChI is InChI=1S/C20H24O3S/c1-2-3-4-6-9-18-16-19(21)13-12-17(18)14-15-24(22,23)20-10-7-5-8-11-20/h2-5,7-8,10-11,14-15,17-18H,1,6,9,12-13,16H2/b4-3+,15-14+/t17-,18+/m1/s1. The zero-order valence-corrected chi connectivity index (χ0v) is 14.6. The minimum Gasteiger partial charge on any atom is -0.300 e. The number of carbonyl (C=O) groups excluding carboxylic acids is 1. The molecule has 1 aromatic carbocycles. The van der Waals surface area contributed by atoms with Crippen LogP contribution in [0.25, 0.3) is 0 Å². The number of allylic oxidation sites excluding steroid dienone is 4. The van der Waals surface area contributed by atoms with Gasteiger partial charge in [-0.3, -0.25) is 4.79 Å². The van der Waals surface area contributed by atoms with Crippen LogP contribution in [0.5, 0.6) is 0 Å². The Labute approximate surface area is 144 Å². The van der Waals surface area contributed by atoms with Gasteiger partial charge in [-0.15, -0.1) is 0 Å². The van der Waals surface area contributed by atoms with Gasteiger partial charge in [0.15, 0.2) is 9.84 Å². The topological polar surface area (TPSA) is 51.2 Å². The van der Waals surface area contributed by atoms with Crippen LogP contribution in [0, 0.1) is 11.8 Å². The van der Waals surface area contributed by atoms with Crippen LogP contribution in [0.15, 0.2) is 71.5 Å². The van der Waals surface area contributed by atoms with Gasteiger partial charge in [0.25, 0.3) is 0 Å². The van der Waals surface area contributed by atoms with Gasteiger partial charge in [-0.05, 0) is 43.2 Å². The second kappa shape index (κ2) is 8.78. The van der Waals surface area contributed by atoms with Gasteiger partial charge in [-0.25, -0.2) is 8.42 Å². The maximum atomic E-state index is 12.4. The minimum absolute atomic E-state index is 0.137. The Morgan fingerprint density at radius 2 is 1.96 bits per heavy atom. The number of carbonyl (C=O) groups is 1. The number of ketones is 1. The average Bonchev–Trinajstić information content (AvgIpc) is 2.59. The summed E-state index contributed by atoms with van der Waals surface area (Å²) in [5.41, 5.74) is 0. The maximum absolute atomic E-state index is 12.4. The van der Waals surface area contributed by atoms with Crippen molar-refractivity contribution in [1.82, 2.24) is 0 Å². The van der Waals surface area contributed by atoms with E-state index in [0.717, 1.165) is 19.3 Å².